The molecule has 4 N–H and O–H groups in total. The van der Waals surface area contributed by atoms with Crippen LogP contribution in [0.2, 0.25) is 0 Å². The normalized spacial score (nSPS) is 41.9. The number of carbonyl (C=O) groups excluding carboxylic acids is 2. The fourth-order valence-corrected chi connectivity index (χ4v) is 11.9. The van der Waals surface area contributed by atoms with Crippen molar-refractivity contribution in [3.63, 3.8) is 0 Å². The van der Waals surface area contributed by atoms with Crippen LogP contribution in [-0.4, -0.2) is 84.3 Å². The van der Waals surface area contributed by atoms with Crippen LogP contribution in [0.15, 0.2) is 0 Å². The predicted molar refractivity (Wildman–Crippen MR) is 190 cm³/mol. The molecule has 7 fully saturated rings. The monoisotopic (exact) mass is 688 g/mol. The molecule has 0 aromatic carbocycles. The van der Waals surface area contributed by atoms with Gasteiger partial charge in [0.1, 0.15) is 12.1 Å². The lowest BCUT2D eigenvalue weighted by atomic mass is 9.45. The molecule has 6 saturated carbocycles. The summed E-state index contributed by atoms with van der Waals surface area (Å²) in [5.74, 6) is 3.32. The SMILES string of the molecule is COC1C(CN2O[C@@H](CO)[C@@H]([C@H](C)O)[C@H]2C(=O)N[C@H]2C[C@H]3C[C@@H]([C@@H]2C)C3(C)C)CCCC1C1CCC(C(=O)NCCC2CCCCC2)CC1. The van der Waals surface area contributed by atoms with Gasteiger partial charge in [-0.2, -0.15) is 5.06 Å². The third-order valence-corrected chi connectivity index (χ3v) is 15.1. The van der Waals surface area contributed by atoms with E-state index in [4.69, 9.17) is 9.57 Å². The molecule has 9 nitrogen and oxygen atoms in total. The third-order valence-electron chi connectivity index (χ3n) is 15.1. The first-order valence-corrected chi connectivity index (χ1v) is 20.4. The van der Waals surface area contributed by atoms with E-state index in [1.165, 1.54) is 38.5 Å². The minimum absolute atomic E-state index is 0.0396. The summed E-state index contributed by atoms with van der Waals surface area (Å²) >= 11 is 0. The number of fused-ring (bicyclic) bond motifs is 2. The average Bonchev–Trinajstić information content (AvgIpc) is 3.48. The fourth-order valence-electron chi connectivity index (χ4n) is 11.9. The molecule has 1 aliphatic heterocycles. The highest BCUT2D eigenvalue weighted by atomic mass is 16.7. The van der Waals surface area contributed by atoms with E-state index in [9.17, 15) is 19.8 Å². The summed E-state index contributed by atoms with van der Waals surface area (Å²) in [5, 5.41) is 29.7. The Balaban J connectivity index is 1.05. The summed E-state index contributed by atoms with van der Waals surface area (Å²) in [5.41, 5.74) is 0.333. The van der Waals surface area contributed by atoms with Gasteiger partial charge in [-0.3, -0.25) is 14.4 Å². The van der Waals surface area contributed by atoms with E-state index in [0.29, 0.717) is 41.5 Å². The molecule has 0 radical (unpaired) electrons. The van der Waals surface area contributed by atoms with Gasteiger partial charge in [0.15, 0.2) is 0 Å². The Kier molecular flexibility index (Phi) is 12.4. The van der Waals surface area contributed by atoms with Crippen molar-refractivity contribution < 1.29 is 29.4 Å². The minimum Gasteiger partial charge on any atom is -0.394 e. The number of nitrogens with one attached hydrogen (secondary N) is 2. The van der Waals surface area contributed by atoms with Crippen molar-refractivity contribution in [2.24, 2.45) is 58.7 Å². The Labute approximate surface area is 296 Å². The summed E-state index contributed by atoms with van der Waals surface area (Å²) in [6, 6.07) is -0.547. The zero-order valence-electron chi connectivity index (χ0n) is 31.3. The van der Waals surface area contributed by atoms with Crippen LogP contribution in [0.25, 0.3) is 0 Å². The molecule has 6 aliphatic carbocycles. The molecule has 0 spiro atoms. The highest BCUT2D eigenvalue weighted by molar-refractivity contribution is 5.83. The summed E-state index contributed by atoms with van der Waals surface area (Å²) in [6.07, 6.45) is 15.9. The number of carbonyl (C=O) groups is 2. The molecular formula is C40H69N3O6. The van der Waals surface area contributed by atoms with E-state index >= 15 is 0 Å². The van der Waals surface area contributed by atoms with Gasteiger partial charge in [0.05, 0.1) is 18.8 Å². The quantitative estimate of drug-likeness (QED) is 0.215. The van der Waals surface area contributed by atoms with Gasteiger partial charge < -0.3 is 25.6 Å². The van der Waals surface area contributed by atoms with Crippen molar-refractivity contribution in [1.29, 1.82) is 0 Å². The van der Waals surface area contributed by atoms with Crippen LogP contribution in [-0.2, 0) is 19.2 Å². The maximum atomic E-state index is 14.2. The zero-order chi connectivity index (χ0) is 34.9. The standard InChI is InChI=1S/C40H69N3O6/c1-24-32-20-30(40(32,3)4)21-33(24)42-39(47)36-35(25(2)45)34(23-44)49-43(36)22-29-12-9-13-31(37(29)48-5)27-14-16-28(17-15-27)38(46)41-19-18-26-10-7-6-8-11-26/h24-37,44-45H,6-23H2,1-5H3,(H,41,46)(H,42,47)/t24-,25-,27?,28?,29?,30+,31?,32-,33-,34-,35+,36-,37?/m0/s1. The number of hydrogen-bond donors (Lipinski definition) is 4. The average molecular weight is 688 g/mol. The molecule has 7 rings (SSSR count). The molecule has 3 unspecified atom stereocenters. The molecule has 49 heavy (non-hydrogen) atoms. The highest BCUT2D eigenvalue weighted by Gasteiger charge is 2.57. The van der Waals surface area contributed by atoms with Crippen molar-refractivity contribution in [1.82, 2.24) is 15.7 Å². The Morgan fingerprint density at radius 3 is 2.35 bits per heavy atom. The molecule has 2 bridgehead atoms. The van der Waals surface area contributed by atoms with Gasteiger partial charge in [0.2, 0.25) is 11.8 Å². The van der Waals surface area contributed by atoms with Crippen LogP contribution in [0.4, 0.5) is 0 Å². The number of hydrogen-bond acceptors (Lipinski definition) is 7. The van der Waals surface area contributed by atoms with Crippen molar-refractivity contribution in [3.8, 4) is 0 Å². The number of hydroxylamine groups is 2. The van der Waals surface area contributed by atoms with Gasteiger partial charge in [-0.15, -0.1) is 0 Å². The second kappa shape index (κ2) is 16.2. The Hall–Kier alpha value is -1.26. The fraction of sp³-hybridized carbons (Fsp3) is 0.950. The molecule has 7 aliphatic rings. The summed E-state index contributed by atoms with van der Waals surface area (Å²) in [7, 11) is 1.82. The molecule has 1 heterocycles. The second-order valence-corrected chi connectivity index (χ2v) is 18.0. The van der Waals surface area contributed by atoms with Crippen molar-refractivity contribution in [3.05, 3.63) is 0 Å². The van der Waals surface area contributed by atoms with E-state index in [0.717, 1.165) is 70.3 Å². The molecule has 1 saturated heterocycles. The Morgan fingerprint density at radius 1 is 0.980 bits per heavy atom. The molecule has 2 amide bonds. The van der Waals surface area contributed by atoms with Crippen molar-refractivity contribution in [2.45, 2.75) is 154 Å². The predicted octanol–water partition coefficient (Wildman–Crippen LogP) is 5.47. The van der Waals surface area contributed by atoms with Crippen LogP contribution < -0.4 is 10.6 Å². The Morgan fingerprint density at radius 2 is 1.71 bits per heavy atom. The third kappa shape index (κ3) is 7.91. The van der Waals surface area contributed by atoms with E-state index in [2.05, 4.69) is 31.4 Å². The maximum Gasteiger partial charge on any atom is 0.240 e. The second-order valence-electron chi connectivity index (χ2n) is 18.0. The van der Waals surface area contributed by atoms with E-state index in [1.54, 1.807) is 12.0 Å². The van der Waals surface area contributed by atoms with Gasteiger partial charge in [0, 0.05) is 44.0 Å². The largest absolute Gasteiger partial charge is 0.394 e. The van der Waals surface area contributed by atoms with Crippen molar-refractivity contribution in [2.75, 3.05) is 26.8 Å². The lowest BCUT2D eigenvalue weighted by Gasteiger charge is -2.62. The number of methoxy groups -OCH3 is 1. The number of aliphatic hydroxyl groups is 2. The number of aliphatic hydroxyl groups excluding tert-OH is 2. The number of nitrogens with zero attached hydrogens (tertiary/aromatic N) is 1. The summed E-state index contributed by atoms with van der Waals surface area (Å²) in [4.78, 5) is 33.6. The topological polar surface area (TPSA) is 120 Å². The lowest BCUT2D eigenvalue weighted by molar-refractivity contribution is -0.193. The van der Waals surface area contributed by atoms with Gasteiger partial charge >= 0.3 is 0 Å². The highest BCUT2D eigenvalue weighted by Crippen LogP contribution is 2.61. The number of amides is 2. The summed E-state index contributed by atoms with van der Waals surface area (Å²) < 4.78 is 6.30. The molecule has 0 aromatic rings. The van der Waals surface area contributed by atoms with Crippen LogP contribution >= 0.6 is 0 Å². The zero-order valence-corrected chi connectivity index (χ0v) is 31.3. The van der Waals surface area contributed by atoms with E-state index < -0.39 is 24.2 Å². The number of rotatable bonds is 12. The van der Waals surface area contributed by atoms with E-state index in [-0.39, 0.29) is 42.4 Å². The van der Waals surface area contributed by atoms with Crippen LogP contribution in [0, 0.1) is 58.7 Å². The first-order chi connectivity index (χ1) is 23.5. The van der Waals surface area contributed by atoms with E-state index in [1.807, 2.05) is 7.11 Å². The lowest BCUT2D eigenvalue weighted by Crippen LogP contribution is -2.62. The molecule has 9 heteroatoms. The van der Waals surface area contributed by atoms with Crippen LogP contribution in [0.5, 0.6) is 0 Å². The van der Waals surface area contributed by atoms with Gasteiger partial charge in [-0.25, -0.2) is 0 Å². The molecule has 280 valence electrons. The minimum atomic E-state index is -0.800. The first kappa shape index (κ1) is 37.5. The maximum absolute atomic E-state index is 14.2. The smallest absolute Gasteiger partial charge is 0.240 e. The van der Waals surface area contributed by atoms with Crippen LogP contribution in [0.3, 0.4) is 0 Å². The molecular weight excluding hydrogens is 618 g/mol. The Bertz CT molecular complexity index is 1100. The first-order valence-electron chi connectivity index (χ1n) is 20.4. The van der Waals surface area contributed by atoms with Crippen molar-refractivity contribution >= 4 is 11.8 Å². The van der Waals surface area contributed by atoms with Gasteiger partial charge in [0.25, 0.3) is 0 Å². The number of ether oxygens (including phenoxy) is 1. The molecule has 0 aromatic heterocycles. The van der Waals surface area contributed by atoms with Crippen LogP contribution in [0.1, 0.15) is 124 Å². The summed E-state index contributed by atoms with van der Waals surface area (Å²) in [6.45, 7) is 9.84. The van der Waals surface area contributed by atoms with Gasteiger partial charge in [-0.1, -0.05) is 59.3 Å². The molecule has 11 atom stereocenters. The van der Waals surface area contributed by atoms with Gasteiger partial charge in [-0.05, 0) is 106 Å².